The molecule has 36 heavy (non-hydrogen) atoms. The number of carbonyl (C=O) groups excluding carboxylic acids is 1. The number of nitrogens with one attached hydrogen (secondary N) is 1. The summed E-state index contributed by atoms with van der Waals surface area (Å²) >= 11 is 0. The molecule has 5 rings (SSSR count). The van der Waals surface area contributed by atoms with Gasteiger partial charge in [-0.2, -0.15) is 4.98 Å². The largest absolute Gasteiger partial charge is 0.356 e. The van der Waals surface area contributed by atoms with E-state index in [9.17, 15) is 9.18 Å². The van der Waals surface area contributed by atoms with Gasteiger partial charge in [0.25, 0.3) is 0 Å². The average Bonchev–Trinajstić information content (AvgIpc) is 3.36. The second-order valence-electron chi connectivity index (χ2n) is 9.79. The molecule has 2 unspecified atom stereocenters. The van der Waals surface area contributed by atoms with E-state index in [0.29, 0.717) is 42.8 Å². The van der Waals surface area contributed by atoms with Crippen molar-refractivity contribution in [3.05, 3.63) is 84.0 Å². The van der Waals surface area contributed by atoms with Gasteiger partial charge >= 0.3 is 0 Å². The number of rotatable bonds is 8. The Bertz CT molecular complexity index is 1320. The lowest BCUT2D eigenvalue weighted by molar-refractivity contribution is -0.127. The fourth-order valence-electron chi connectivity index (χ4n) is 4.98. The number of aromatic nitrogens is 2. The maximum Gasteiger partial charge on any atom is 0.241 e. The summed E-state index contributed by atoms with van der Waals surface area (Å²) in [6.45, 7) is 4.88. The quantitative estimate of drug-likeness (QED) is 0.369. The Morgan fingerprint density at radius 3 is 2.81 bits per heavy atom. The van der Waals surface area contributed by atoms with Gasteiger partial charge < -0.3 is 9.84 Å². The fourth-order valence-corrected chi connectivity index (χ4v) is 4.98. The Morgan fingerprint density at radius 1 is 1.14 bits per heavy atom. The van der Waals surface area contributed by atoms with E-state index in [1.54, 1.807) is 12.1 Å². The van der Waals surface area contributed by atoms with Crippen LogP contribution < -0.4 is 5.32 Å². The second kappa shape index (κ2) is 11.0. The number of hydrogen-bond donors (Lipinski definition) is 1. The number of fused-ring (bicyclic) bond motifs is 1. The van der Waals surface area contributed by atoms with Gasteiger partial charge in [-0.3, -0.25) is 9.69 Å². The fraction of sp³-hybridized carbons (Fsp3) is 0.345. The number of carbonyl (C=O) groups is 1. The lowest BCUT2D eigenvalue weighted by Gasteiger charge is -2.31. The van der Waals surface area contributed by atoms with E-state index in [1.807, 2.05) is 0 Å². The molecule has 0 spiro atoms. The van der Waals surface area contributed by atoms with Crippen LogP contribution in [-0.2, 0) is 17.8 Å². The van der Waals surface area contributed by atoms with Crippen LogP contribution in [-0.4, -0.2) is 40.6 Å². The summed E-state index contributed by atoms with van der Waals surface area (Å²) in [4.78, 5) is 19.6. The van der Waals surface area contributed by atoms with Crippen LogP contribution in [0.15, 0.2) is 71.3 Å². The molecule has 1 amide bonds. The number of piperidine rings is 1. The number of amides is 1. The first-order valence-electron chi connectivity index (χ1n) is 12.6. The third kappa shape index (κ3) is 5.79. The summed E-state index contributed by atoms with van der Waals surface area (Å²) in [5.41, 5.74) is 2.03. The van der Waals surface area contributed by atoms with Crippen LogP contribution in [0.25, 0.3) is 22.2 Å². The molecule has 1 aliphatic heterocycles. The van der Waals surface area contributed by atoms with Crippen LogP contribution in [0, 0.1) is 17.7 Å². The molecular formula is C29H31FN4O2. The Kier molecular flexibility index (Phi) is 7.37. The normalized spacial score (nSPS) is 17.2. The molecule has 1 N–H and O–H groups in total. The Balaban J connectivity index is 1.12. The van der Waals surface area contributed by atoms with Crippen LogP contribution in [0.1, 0.15) is 31.2 Å². The molecule has 6 nitrogen and oxygen atoms in total. The van der Waals surface area contributed by atoms with Gasteiger partial charge in [0.05, 0.1) is 12.5 Å². The highest BCUT2D eigenvalue weighted by molar-refractivity contribution is 5.85. The molecule has 2 heterocycles. The summed E-state index contributed by atoms with van der Waals surface area (Å²) in [5.74, 6) is 1.03. The van der Waals surface area contributed by atoms with Crippen LogP contribution in [0.3, 0.4) is 0 Å². The Morgan fingerprint density at radius 2 is 1.94 bits per heavy atom. The van der Waals surface area contributed by atoms with Gasteiger partial charge in [-0.15, -0.1) is 0 Å². The molecule has 186 valence electrons. The van der Waals surface area contributed by atoms with Crippen molar-refractivity contribution in [2.45, 2.75) is 32.7 Å². The summed E-state index contributed by atoms with van der Waals surface area (Å²) in [7, 11) is 0. The lowest BCUT2D eigenvalue weighted by atomic mass is 9.94. The highest BCUT2D eigenvalue weighted by Gasteiger charge is 2.27. The number of halogens is 1. The predicted molar refractivity (Wildman–Crippen MR) is 138 cm³/mol. The van der Waals surface area contributed by atoms with Gasteiger partial charge in [0.15, 0.2) is 0 Å². The third-order valence-corrected chi connectivity index (χ3v) is 6.88. The van der Waals surface area contributed by atoms with Crippen molar-refractivity contribution < 1.29 is 13.7 Å². The molecule has 0 radical (unpaired) electrons. The third-order valence-electron chi connectivity index (χ3n) is 6.88. The highest BCUT2D eigenvalue weighted by atomic mass is 19.1. The predicted octanol–water partition coefficient (Wildman–Crippen LogP) is 5.24. The molecule has 1 aromatic heterocycles. The van der Waals surface area contributed by atoms with E-state index in [0.717, 1.165) is 25.8 Å². The van der Waals surface area contributed by atoms with Crippen molar-refractivity contribution >= 4 is 16.7 Å². The first-order chi connectivity index (χ1) is 17.5. The van der Waals surface area contributed by atoms with Gasteiger partial charge in [-0.1, -0.05) is 54.5 Å². The van der Waals surface area contributed by atoms with Crippen molar-refractivity contribution in [1.82, 2.24) is 20.4 Å². The van der Waals surface area contributed by atoms with Gasteiger partial charge in [0, 0.05) is 18.7 Å². The SMILES string of the molecule is CC(CNC(=O)C1CCCN(Cc2nc(-c3ccc(F)cc3)no2)C1)Cc1cccc2ccccc12. The molecule has 0 saturated carbocycles. The number of hydrogen-bond acceptors (Lipinski definition) is 5. The topological polar surface area (TPSA) is 71.3 Å². The minimum atomic E-state index is -0.303. The van der Waals surface area contributed by atoms with E-state index in [-0.39, 0.29) is 17.6 Å². The van der Waals surface area contributed by atoms with Crippen molar-refractivity contribution in [3.8, 4) is 11.4 Å². The zero-order chi connectivity index (χ0) is 24.9. The summed E-state index contributed by atoms with van der Waals surface area (Å²) < 4.78 is 18.6. The van der Waals surface area contributed by atoms with Crippen molar-refractivity contribution in [2.24, 2.45) is 11.8 Å². The molecule has 1 saturated heterocycles. The number of nitrogens with zero attached hydrogens (tertiary/aromatic N) is 3. The van der Waals surface area contributed by atoms with Gasteiger partial charge in [0.1, 0.15) is 5.82 Å². The molecule has 0 bridgehead atoms. The van der Waals surface area contributed by atoms with E-state index in [1.165, 1.54) is 28.5 Å². The minimum Gasteiger partial charge on any atom is -0.356 e. The molecule has 4 aromatic rings. The lowest BCUT2D eigenvalue weighted by Crippen LogP contribution is -2.43. The Hall–Kier alpha value is -3.58. The van der Waals surface area contributed by atoms with Gasteiger partial charge in [-0.05, 0) is 72.3 Å². The zero-order valence-corrected chi connectivity index (χ0v) is 20.5. The van der Waals surface area contributed by atoms with Crippen LogP contribution in [0.2, 0.25) is 0 Å². The van der Waals surface area contributed by atoms with Crippen molar-refractivity contribution in [1.29, 1.82) is 0 Å². The minimum absolute atomic E-state index is 0.0528. The molecule has 0 aliphatic carbocycles. The second-order valence-corrected chi connectivity index (χ2v) is 9.79. The Labute approximate surface area is 210 Å². The average molecular weight is 487 g/mol. The molecular weight excluding hydrogens is 455 g/mol. The van der Waals surface area contributed by atoms with Crippen LogP contribution in [0.5, 0.6) is 0 Å². The van der Waals surface area contributed by atoms with E-state index < -0.39 is 0 Å². The molecule has 1 aliphatic rings. The standard InChI is InChI=1S/C29H31FN4O2/c1-20(16-23-8-4-7-21-6-2-3-10-26(21)23)17-31-29(35)24-9-5-15-34(18-24)19-27-32-28(33-36-27)22-11-13-25(30)14-12-22/h2-4,6-8,10-14,20,24H,5,9,15-19H2,1H3,(H,31,35). The molecule has 1 fully saturated rings. The van der Waals surface area contributed by atoms with Gasteiger partial charge in [-0.25, -0.2) is 4.39 Å². The van der Waals surface area contributed by atoms with Crippen molar-refractivity contribution in [3.63, 3.8) is 0 Å². The zero-order valence-electron chi connectivity index (χ0n) is 20.5. The van der Waals surface area contributed by atoms with E-state index in [4.69, 9.17) is 4.52 Å². The van der Waals surface area contributed by atoms with Gasteiger partial charge in [0.2, 0.25) is 17.6 Å². The molecule has 7 heteroatoms. The first kappa shape index (κ1) is 24.1. The maximum atomic E-state index is 13.2. The summed E-state index contributed by atoms with van der Waals surface area (Å²) in [5, 5.41) is 9.74. The summed E-state index contributed by atoms with van der Waals surface area (Å²) in [6.07, 6.45) is 2.75. The summed E-state index contributed by atoms with van der Waals surface area (Å²) in [6, 6.07) is 20.9. The van der Waals surface area contributed by atoms with Crippen LogP contribution in [0.4, 0.5) is 4.39 Å². The van der Waals surface area contributed by atoms with E-state index in [2.05, 4.69) is 69.7 Å². The van der Waals surface area contributed by atoms with Crippen LogP contribution >= 0.6 is 0 Å². The number of likely N-dealkylation sites (tertiary alicyclic amines) is 1. The molecule has 2 atom stereocenters. The maximum absolute atomic E-state index is 13.2. The molecule has 3 aromatic carbocycles. The van der Waals surface area contributed by atoms with Crippen molar-refractivity contribution in [2.75, 3.05) is 19.6 Å². The highest BCUT2D eigenvalue weighted by Crippen LogP contribution is 2.23. The first-order valence-corrected chi connectivity index (χ1v) is 12.6. The van der Waals surface area contributed by atoms with E-state index >= 15 is 0 Å². The smallest absolute Gasteiger partial charge is 0.241 e. The monoisotopic (exact) mass is 486 g/mol. The number of benzene rings is 3.